The first kappa shape index (κ1) is 15.7. The van der Waals surface area contributed by atoms with Crippen LogP contribution in [-0.2, 0) is 4.79 Å². The predicted octanol–water partition coefficient (Wildman–Crippen LogP) is 4.34. The highest BCUT2D eigenvalue weighted by atomic mass is 32.2. The lowest BCUT2D eigenvalue weighted by Crippen LogP contribution is -2.26. The number of rotatable bonds is 7. The van der Waals surface area contributed by atoms with Gasteiger partial charge in [0.05, 0.1) is 6.04 Å². The lowest BCUT2D eigenvalue weighted by Gasteiger charge is -2.11. The summed E-state index contributed by atoms with van der Waals surface area (Å²) in [5, 5.41) is 2.97. The van der Waals surface area contributed by atoms with Crippen LogP contribution in [0.25, 0.3) is 0 Å². The van der Waals surface area contributed by atoms with Gasteiger partial charge in [-0.3, -0.25) is 4.79 Å². The molecule has 0 radical (unpaired) electrons. The third-order valence-corrected chi connectivity index (χ3v) is 4.22. The summed E-state index contributed by atoms with van der Waals surface area (Å²) >= 11 is 1.78. The lowest BCUT2D eigenvalue weighted by atomic mass is 10.2. The van der Waals surface area contributed by atoms with E-state index < -0.39 is 0 Å². The highest BCUT2D eigenvalue weighted by Crippen LogP contribution is 2.19. The van der Waals surface area contributed by atoms with Crippen molar-refractivity contribution in [2.75, 3.05) is 5.75 Å². The molecule has 0 saturated heterocycles. The van der Waals surface area contributed by atoms with Crippen molar-refractivity contribution >= 4 is 17.7 Å². The fourth-order valence-corrected chi connectivity index (χ4v) is 2.88. The molecule has 0 bridgehead atoms. The van der Waals surface area contributed by atoms with E-state index in [1.807, 2.05) is 44.2 Å². The molecule has 0 fully saturated rings. The van der Waals surface area contributed by atoms with E-state index in [0.717, 1.165) is 23.7 Å². The van der Waals surface area contributed by atoms with Gasteiger partial charge in [0.2, 0.25) is 5.91 Å². The molecule has 0 aliphatic heterocycles. The van der Waals surface area contributed by atoms with Crippen LogP contribution in [-0.4, -0.2) is 11.7 Å². The number of aryl methyl sites for hydroxylation is 1. The van der Waals surface area contributed by atoms with Crippen LogP contribution in [0.15, 0.2) is 51.8 Å². The molecular formula is C17H21NO2S. The monoisotopic (exact) mass is 303 g/mol. The zero-order valence-electron chi connectivity index (χ0n) is 12.5. The second-order valence-corrected chi connectivity index (χ2v) is 6.17. The minimum absolute atomic E-state index is 0.0743. The topological polar surface area (TPSA) is 42.2 Å². The summed E-state index contributed by atoms with van der Waals surface area (Å²) in [6.45, 7) is 3.84. The van der Waals surface area contributed by atoms with E-state index >= 15 is 0 Å². The molecule has 1 heterocycles. The summed E-state index contributed by atoms with van der Waals surface area (Å²) in [5.41, 5.74) is 0. The van der Waals surface area contributed by atoms with Gasteiger partial charge in [-0.25, -0.2) is 0 Å². The number of nitrogens with one attached hydrogen (secondary N) is 1. The minimum atomic E-state index is -0.0759. The van der Waals surface area contributed by atoms with Gasteiger partial charge in [0.1, 0.15) is 11.5 Å². The SMILES string of the molecule is Cc1ccc([C@H](C)NC(=O)CCCSc2ccccc2)o1. The Hall–Kier alpha value is -1.68. The maximum Gasteiger partial charge on any atom is 0.220 e. The largest absolute Gasteiger partial charge is 0.464 e. The molecule has 0 saturated carbocycles. The van der Waals surface area contributed by atoms with E-state index in [1.165, 1.54) is 4.90 Å². The van der Waals surface area contributed by atoms with Gasteiger partial charge in [-0.15, -0.1) is 11.8 Å². The van der Waals surface area contributed by atoms with Crippen molar-refractivity contribution in [2.24, 2.45) is 0 Å². The molecule has 112 valence electrons. The molecule has 3 nitrogen and oxygen atoms in total. The smallest absolute Gasteiger partial charge is 0.220 e. The van der Waals surface area contributed by atoms with Crippen LogP contribution in [0.3, 0.4) is 0 Å². The van der Waals surface area contributed by atoms with E-state index in [4.69, 9.17) is 4.42 Å². The molecule has 2 aromatic rings. The predicted molar refractivity (Wildman–Crippen MR) is 86.4 cm³/mol. The molecule has 0 unspecified atom stereocenters. The first-order valence-corrected chi connectivity index (χ1v) is 8.17. The Morgan fingerprint density at radius 2 is 2.00 bits per heavy atom. The summed E-state index contributed by atoms with van der Waals surface area (Å²) in [7, 11) is 0. The van der Waals surface area contributed by atoms with Crippen LogP contribution < -0.4 is 5.32 Å². The molecule has 4 heteroatoms. The van der Waals surface area contributed by atoms with Crippen LogP contribution in [0.4, 0.5) is 0 Å². The summed E-state index contributed by atoms with van der Waals surface area (Å²) in [4.78, 5) is 13.1. The first-order valence-electron chi connectivity index (χ1n) is 7.18. The lowest BCUT2D eigenvalue weighted by molar-refractivity contribution is -0.121. The molecule has 0 spiro atoms. The van der Waals surface area contributed by atoms with Crippen LogP contribution in [0.2, 0.25) is 0 Å². The van der Waals surface area contributed by atoms with Gasteiger partial charge in [-0.05, 0) is 50.3 Å². The zero-order valence-corrected chi connectivity index (χ0v) is 13.3. The average molecular weight is 303 g/mol. The fraction of sp³-hybridized carbons (Fsp3) is 0.353. The van der Waals surface area contributed by atoms with Gasteiger partial charge < -0.3 is 9.73 Å². The van der Waals surface area contributed by atoms with E-state index in [2.05, 4.69) is 17.4 Å². The van der Waals surface area contributed by atoms with Crippen molar-refractivity contribution < 1.29 is 9.21 Å². The summed E-state index contributed by atoms with van der Waals surface area (Å²) < 4.78 is 5.51. The Morgan fingerprint density at radius 3 is 2.67 bits per heavy atom. The Labute approximate surface area is 130 Å². The van der Waals surface area contributed by atoms with E-state index in [-0.39, 0.29) is 11.9 Å². The van der Waals surface area contributed by atoms with Crippen molar-refractivity contribution in [2.45, 2.75) is 37.6 Å². The average Bonchev–Trinajstić information content (AvgIpc) is 2.91. The fourth-order valence-electron chi connectivity index (χ4n) is 2.01. The van der Waals surface area contributed by atoms with Crippen LogP contribution in [0.5, 0.6) is 0 Å². The third-order valence-electron chi connectivity index (χ3n) is 3.13. The van der Waals surface area contributed by atoms with E-state index in [0.29, 0.717) is 6.42 Å². The molecule has 1 atom stereocenters. The number of carbonyl (C=O) groups is 1. The highest BCUT2D eigenvalue weighted by molar-refractivity contribution is 7.99. The second-order valence-electron chi connectivity index (χ2n) is 5.00. The quantitative estimate of drug-likeness (QED) is 0.611. The van der Waals surface area contributed by atoms with Crippen molar-refractivity contribution in [1.29, 1.82) is 0 Å². The van der Waals surface area contributed by atoms with Crippen molar-refractivity contribution in [3.8, 4) is 0 Å². The van der Waals surface area contributed by atoms with Crippen LogP contribution >= 0.6 is 11.8 Å². The number of hydrogen-bond acceptors (Lipinski definition) is 3. The van der Waals surface area contributed by atoms with Gasteiger partial charge in [0, 0.05) is 11.3 Å². The highest BCUT2D eigenvalue weighted by Gasteiger charge is 2.12. The molecule has 21 heavy (non-hydrogen) atoms. The van der Waals surface area contributed by atoms with Gasteiger partial charge >= 0.3 is 0 Å². The molecule has 0 aliphatic rings. The number of amides is 1. The minimum Gasteiger partial charge on any atom is -0.464 e. The standard InChI is InChI=1S/C17H21NO2S/c1-13-10-11-16(20-13)14(2)18-17(19)9-6-12-21-15-7-4-3-5-8-15/h3-5,7-8,10-11,14H,6,9,12H2,1-2H3,(H,18,19)/t14-/m0/s1. The number of hydrogen-bond donors (Lipinski definition) is 1. The Bertz CT molecular complexity index is 565. The normalized spacial score (nSPS) is 12.1. The molecule has 0 aliphatic carbocycles. The van der Waals surface area contributed by atoms with Crippen molar-refractivity contribution in [1.82, 2.24) is 5.32 Å². The Kier molecular flexibility index (Phi) is 5.93. The maximum atomic E-state index is 11.9. The van der Waals surface area contributed by atoms with E-state index in [1.54, 1.807) is 11.8 Å². The molecule has 1 aromatic carbocycles. The number of furan rings is 1. The van der Waals surface area contributed by atoms with Crippen molar-refractivity contribution in [3.05, 3.63) is 54.0 Å². The molecular weight excluding hydrogens is 282 g/mol. The van der Waals surface area contributed by atoms with Crippen LogP contribution in [0, 0.1) is 6.92 Å². The second kappa shape index (κ2) is 7.93. The van der Waals surface area contributed by atoms with E-state index in [9.17, 15) is 4.79 Å². The summed E-state index contributed by atoms with van der Waals surface area (Å²) in [6.07, 6.45) is 1.42. The Morgan fingerprint density at radius 1 is 1.24 bits per heavy atom. The van der Waals surface area contributed by atoms with Gasteiger partial charge in [-0.2, -0.15) is 0 Å². The maximum absolute atomic E-state index is 11.9. The number of benzene rings is 1. The molecule has 2 rings (SSSR count). The summed E-state index contributed by atoms with van der Waals surface area (Å²) in [6, 6.07) is 14.0. The van der Waals surface area contributed by atoms with Gasteiger partial charge in [-0.1, -0.05) is 18.2 Å². The molecule has 1 aromatic heterocycles. The Balaban J connectivity index is 1.65. The third kappa shape index (κ3) is 5.31. The van der Waals surface area contributed by atoms with Crippen molar-refractivity contribution in [3.63, 3.8) is 0 Å². The number of carbonyl (C=O) groups excluding carboxylic acids is 1. The van der Waals surface area contributed by atoms with Gasteiger partial charge in [0.15, 0.2) is 0 Å². The summed E-state index contributed by atoms with van der Waals surface area (Å²) in [5.74, 6) is 2.70. The van der Waals surface area contributed by atoms with Gasteiger partial charge in [0.25, 0.3) is 0 Å². The molecule has 1 amide bonds. The van der Waals surface area contributed by atoms with Crippen LogP contribution in [0.1, 0.15) is 37.3 Å². The zero-order chi connectivity index (χ0) is 15.1. The number of thioether (sulfide) groups is 1. The first-order chi connectivity index (χ1) is 10.1. The molecule has 1 N–H and O–H groups in total.